The molecule has 0 saturated carbocycles. The lowest BCUT2D eigenvalue weighted by molar-refractivity contribution is 0.0924. The number of aromatic nitrogens is 1. The second kappa shape index (κ2) is 6.45. The Kier molecular flexibility index (Phi) is 5.22. The normalized spacial score (nSPS) is 12.2. The number of methoxy groups -OCH3 is 1. The molecule has 0 aliphatic carbocycles. The third-order valence-corrected chi connectivity index (χ3v) is 2.32. The van der Waals surface area contributed by atoms with E-state index in [2.05, 4.69) is 10.3 Å². The average molecular weight is 243 g/mol. The summed E-state index contributed by atoms with van der Waals surface area (Å²) in [5.41, 5.74) is 0.330. The second-order valence-corrected chi connectivity index (χ2v) is 3.95. The van der Waals surface area contributed by atoms with E-state index in [0.29, 0.717) is 17.3 Å². The van der Waals surface area contributed by atoms with Crippen LogP contribution < -0.4 is 5.32 Å². The number of hydrogen-bond acceptors (Lipinski definition) is 3. The standard InChI is InChI=1S/C11H15ClN2O2/c1-8(4-6-16-2)14-11(15)10-7-9(12)3-5-13-10/h3,5,7-8H,4,6H2,1-2H3,(H,14,15). The lowest BCUT2D eigenvalue weighted by Gasteiger charge is -2.12. The minimum Gasteiger partial charge on any atom is -0.385 e. The Balaban J connectivity index is 2.52. The second-order valence-electron chi connectivity index (χ2n) is 3.52. The molecule has 1 aromatic heterocycles. The van der Waals surface area contributed by atoms with Crippen molar-refractivity contribution in [1.82, 2.24) is 10.3 Å². The van der Waals surface area contributed by atoms with Gasteiger partial charge in [-0.2, -0.15) is 0 Å². The number of carbonyl (C=O) groups excluding carboxylic acids is 1. The van der Waals surface area contributed by atoms with Crippen molar-refractivity contribution in [3.8, 4) is 0 Å². The Labute approximate surface area is 100.0 Å². The van der Waals surface area contributed by atoms with E-state index in [1.165, 1.54) is 6.20 Å². The molecule has 1 aromatic rings. The maximum atomic E-state index is 11.7. The fourth-order valence-electron chi connectivity index (χ4n) is 1.19. The van der Waals surface area contributed by atoms with Crippen LogP contribution in [0.25, 0.3) is 0 Å². The van der Waals surface area contributed by atoms with Crippen molar-refractivity contribution >= 4 is 17.5 Å². The molecule has 16 heavy (non-hydrogen) atoms. The monoisotopic (exact) mass is 242 g/mol. The maximum Gasteiger partial charge on any atom is 0.270 e. The highest BCUT2D eigenvalue weighted by molar-refractivity contribution is 6.30. The third kappa shape index (κ3) is 4.16. The topological polar surface area (TPSA) is 51.2 Å². The van der Waals surface area contributed by atoms with Crippen molar-refractivity contribution < 1.29 is 9.53 Å². The summed E-state index contributed by atoms with van der Waals surface area (Å²) in [5, 5.41) is 3.32. The van der Waals surface area contributed by atoms with E-state index in [1.807, 2.05) is 6.92 Å². The van der Waals surface area contributed by atoms with Gasteiger partial charge in [-0.1, -0.05) is 11.6 Å². The minimum absolute atomic E-state index is 0.0493. The number of carbonyl (C=O) groups is 1. The van der Waals surface area contributed by atoms with E-state index >= 15 is 0 Å². The molecule has 4 nitrogen and oxygen atoms in total. The van der Waals surface area contributed by atoms with Crippen LogP contribution in [0.3, 0.4) is 0 Å². The van der Waals surface area contributed by atoms with Gasteiger partial charge in [0.15, 0.2) is 0 Å². The predicted octanol–water partition coefficient (Wildman–Crippen LogP) is 1.89. The Morgan fingerprint density at radius 2 is 2.44 bits per heavy atom. The molecule has 1 rings (SSSR count). The maximum absolute atomic E-state index is 11.7. The molecule has 1 atom stereocenters. The molecule has 0 radical (unpaired) electrons. The van der Waals surface area contributed by atoms with E-state index in [-0.39, 0.29) is 11.9 Å². The Hall–Kier alpha value is -1.13. The van der Waals surface area contributed by atoms with Crippen LogP contribution in [0.4, 0.5) is 0 Å². The number of halogens is 1. The molecule has 1 N–H and O–H groups in total. The molecule has 88 valence electrons. The van der Waals surface area contributed by atoms with Gasteiger partial charge in [0.2, 0.25) is 0 Å². The summed E-state index contributed by atoms with van der Waals surface area (Å²) in [5.74, 6) is -0.217. The van der Waals surface area contributed by atoms with Crippen LogP contribution in [0, 0.1) is 0 Å². The van der Waals surface area contributed by atoms with Gasteiger partial charge in [-0.3, -0.25) is 9.78 Å². The van der Waals surface area contributed by atoms with Crippen LogP contribution >= 0.6 is 11.6 Å². The Morgan fingerprint density at radius 1 is 1.69 bits per heavy atom. The lowest BCUT2D eigenvalue weighted by atomic mass is 10.2. The zero-order valence-electron chi connectivity index (χ0n) is 9.37. The first kappa shape index (κ1) is 12.9. The van der Waals surface area contributed by atoms with Gasteiger partial charge >= 0.3 is 0 Å². The Bertz CT molecular complexity index is 358. The van der Waals surface area contributed by atoms with Crippen LogP contribution in [0.2, 0.25) is 5.02 Å². The van der Waals surface area contributed by atoms with Gasteiger partial charge in [0.25, 0.3) is 5.91 Å². The van der Waals surface area contributed by atoms with Gasteiger partial charge in [-0.25, -0.2) is 0 Å². The summed E-state index contributed by atoms with van der Waals surface area (Å²) in [7, 11) is 1.63. The first-order chi connectivity index (χ1) is 7.63. The van der Waals surface area contributed by atoms with Crippen molar-refractivity contribution in [3.63, 3.8) is 0 Å². The zero-order valence-corrected chi connectivity index (χ0v) is 10.1. The van der Waals surface area contributed by atoms with E-state index in [4.69, 9.17) is 16.3 Å². The highest BCUT2D eigenvalue weighted by Gasteiger charge is 2.10. The van der Waals surface area contributed by atoms with Gasteiger partial charge in [0, 0.05) is 31.0 Å². The van der Waals surface area contributed by atoms with Gasteiger partial charge in [-0.05, 0) is 25.5 Å². The summed E-state index contributed by atoms with van der Waals surface area (Å²) in [4.78, 5) is 15.6. The first-order valence-corrected chi connectivity index (χ1v) is 5.42. The van der Waals surface area contributed by atoms with Crippen molar-refractivity contribution in [1.29, 1.82) is 0 Å². The van der Waals surface area contributed by atoms with Gasteiger partial charge in [0.05, 0.1) is 0 Å². The molecule has 1 amide bonds. The van der Waals surface area contributed by atoms with E-state index in [1.54, 1.807) is 19.2 Å². The smallest absolute Gasteiger partial charge is 0.270 e. The average Bonchev–Trinajstić information content (AvgIpc) is 2.26. The molecule has 0 spiro atoms. The fraction of sp³-hybridized carbons (Fsp3) is 0.455. The number of rotatable bonds is 5. The quantitative estimate of drug-likeness (QED) is 0.858. The highest BCUT2D eigenvalue weighted by atomic mass is 35.5. The molecular formula is C11H15ClN2O2. The molecule has 0 aliphatic rings. The molecule has 5 heteroatoms. The van der Waals surface area contributed by atoms with Crippen LogP contribution in [-0.2, 0) is 4.74 Å². The number of nitrogens with zero attached hydrogens (tertiary/aromatic N) is 1. The van der Waals surface area contributed by atoms with Gasteiger partial charge in [-0.15, -0.1) is 0 Å². The van der Waals surface area contributed by atoms with E-state index in [0.717, 1.165) is 6.42 Å². The van der Waals surface area contributed by atoms with Crippen molar-refractivity contribution in [2.24, 2.45) is 0 Å². The van der Waals surface area contributed by atoms with Crippen LogP contribution in [0.5, 0.6) is 0 Å². The zero-order chi connectivity index (χ0) is 12.0. The predicted molar refractivity (Wildman–Crippen MR) is 62.7 cm³/mol. The third-order valence-electron chi connectivity index (χ3n) is 2.09. The Morgan fingerprint density at radius 3 is 3.06 bits per heavy atom. The van der Waals surface area contributed by atoms with Crippen LogP contribution in [0.15, 0.2) is 18.3 Å². The molecule has 0 aliphatic heterocycles. The number of ether oxygens (including phenoxy) is 1. The summed E-state index contributed by atoms with van der Waals surface area (Å²) < 4.78 is 4.93. The number of amides is 1. The molecule has 0 bridgehead atoms. The summed E-state index contributed by atoms with van der Waals surface area (Å²) in [6.45, 7) is 2.53. The number of hydrogen-bond donors (Lipinski definition) is 1. The van der Waals surface area contributed by atoms with Crippen molar-refractivity contribution in [3.05, 3.63) is 29.0 Å². The molecule has 1 heterocycles. The molecule has 0 saturated heterocycles. The van der Waals surface area contributed by atoms with Crippen molar-refractivity contribution in [2.75, 3.05) is 13.7 Å². The summed E-state index contributed by atoms with van der Waals surface area (Å²) >= 11 is 5.77. The molecule has 0 aromatic carbocycles. The molecule has 1 unspecified atom stereocenters. The molecule has 0 fully saturated rings. The van der Waals surface area contributed by atoms with E-state index < -0.39 is 0 Å². The summed E-state index contributed by atoms with van der Waals surface area (Å²) in [6.07, 6.45) is 2.28. The number of nitrogens with one attached hydrogen (secondary N) is 1. The highest BCUT2D eigenvalue weighted by Crippen LogP contribution is 2.08. The lowest BCUT2D eigenvalue weighted by Crippen LogP contribution is -2.33. The molecular weight excluding hydrogens is 228 g/mol. The fourth-order valence-corrected chi connectivity index (χ4v) is 1.35. The van der Waals surface area contributed by atoms with Gasteiger partial charge in [0.1, 0.15) is 5.69 Å². The van der Waals surface area contributed by atoms with Crippen LogP contribution in [0.1, 0.15) is 23.8 Å². The summed E-state index contributed by atoms with van der Waals surface area (Å²) in [6, 6.07) is 3.22. The van der Waals surface area contributed by atoms with E-state index in [9.17, 15) is 4.79 Å². The largest absolute Gasteiger partial charge is 0.385 e. The van der Waals surface area contributed by atoms with Crippen LogP contribution in [-0.4, -0.2) is 30.6 Å². The number of pyridine rings is 1. The minimum atomic E-state index is -0.217. The SMILES string of the molecule is COCCC(C)NC(=O)c1cc(Cl)ccn1. The van der Waals surface area contributed by atoms with Crippen molar-refractivity contribution in [2.45, 2.75) is 19.4 Å². The first-order valence-electron chi connectivity index (χ1n) is 5.05. The van der Waals surface area contributed by atoms with Gasteiger partial charge < -0.3 is 10.1 Å².